The van der Waals surface area contributed by atoms with Crippen LogP contribution in [0.5, 0.6) is 0 Å². The quantitative estimate of drug-likeness (QED) is 0.834. The first kappa shape index (κ1) is 12.0. The van der Waals surface area contributed by atoms with E-state index in [1.807, 2.05) is 0 Å². The monoisotopic (exact) mass is 227 g/mol. The lowest BCUT2D eigenvalue weighted by molar-refractivity contribution is -0.148. The third-order valence-corrected chi connectivity index (χ3v) is 2.77. The minimum Gasteiger partial charge on any atom is -0.481 e. The average Bonchev–Trinajstić information content (AvgIpc) is 2.16. The number of hydrogen-bond acceptors (Lipinski definition) is 2. The third-order valence-electron chi connectivity index (χ3n) is 2.54. The van der Waals surface area contributed by atoms with E-state index >= 15 is 0 Å². The summed E-state index contributed by atoms with van der Waals surface area (Å²) in [6, 6.07) is 6.38. The van der Waals surface area contributed by atoms with Crippen molar-refractivity contribution in [1.82, 2.24) is 0 Å². The van der Waals surface area contributed by atoms with Crippen LogP contribution in [0.25, 0.3) is 0 Å². The summed E-state index contributed by atoms with van der Waals surface area (Å²) in [6.45, 7) is 3.20. The molecule has 0 aliphatic rings. The van der Waals surface area contributed by atoms with Crippen molar-refractivity contribution in [1.29, 1.82) is 0 Å². The van der Waals surface area contributed by atoms with Crippen LogP contribution < -0.4 is 5.73 Å². The van der Waals surface area contributed by atoms with Gasteiger partial charge in [0, 0.05) is 11.1 Å². The second-order valence-electron chi connectivity index (χ2n) is 4.06. The number of hydrogen-bond donors (Lipinski definition) is 2. The molecule has 0 aliphatic carbocycles. The van der Waals surface area contributed by atoms with Crippen molar-refractivity contribution in [2.45, 2.75) is 19.9 Å². The predicted molar refractivity (Wildman–Crippen MR) is 59.8 cm³/mol. The lowest BCUT2D eigenvalue weighted by Crippen LogP contribution is -2.36. The third kappa shape index (κ3) is 2.49. The molecule has 15 heavy (non-hydrogen) atoms. The van der Waals surface area contributed by atoms with E-state index in [9.17, 15) is 4.79 Å². The van der Waals surface area contributed by atoms with E-state index < -0.39 is 17.4 Å². The van der Waals surface area contributed by atoms with Gasteiger partial charge < -0.3 is 10.8 Å². The van der Waals surface area contributed by atoms with Crippen molar-refractivity contribution in [3.8, 4) is 0 Å². The molecule has 0 heterocycles. The number of rotatable bonds is 3. The molecule has 1 unspecified atom stereocenters. The molecule has 82 valence electrons. The van der Waals surface area contributed by atoms with Crippen LogP contribution >= 0.6 is 11.6 Å². The first-order valence-electron chi connectivity index (χ1n) is 4.60. The molecule has 4 heteroatoms. The van der Waals surface area contributed by atoms with Crippen molar-refractivity contribution < 1.29 is 9.90 Å². The van der Waals surface area contributed by atoms with Gasteiger partial charge in [0.1, 0.15) is 0 Å². The Balaban J connectivity index is 3.04. The number of nitrogens with two attached hydrogens (primary N) is 1. The first-order valence-corrected chi connectivity index (χ1v) is 4.98. The van der Waals surface area contributed by atoms with Gasteiger partial charge in [0.15, 0.2) is 0 Å². The van der Waals surface area contributed by atoms with Crippen molar-refractivity contribution in [2.24, 2.45) is 11.1 Å². The Morgan fingerprint density at radius 2 is 2.13 bits per heavy atom. The molecule has 0 spiro atoms. The van der Waals surface area contributed by atoms with Crippen molar-refractivity contribution in [3.05, 3.63) is 34.9 Å². The van der Waals surface area contributed by atoms with Gasteiger partial charge in [-0.15, -0.1) is 0 Å². The molecule has 0 fully saturated rings. The fourth-order valence-corrected chi connectivity index (χ4v) is 1.45. The lowest BCUT2D eigenvalue weighted by Gasteiger charge is -2.27. The molecule has 0 saturated carbocycles. The van der Waals surface area contributed by atoms with E-state index in [0.717, 1.165) is 5.56 Å². The molecule has 0 amide bonds. The van der Waals surface area contributed by atoms with Crippen LogP contribution in [-0.2, 0) is 4.79 Å². The first-order chi connectivity index (χ1) is 6.85. The molecule has 0 radical (unpaired) electrons. The second-order valence-corrected chi connectivity index (χ2v) is 4.50. The summed E-state index contributed by atoms with van der Waals surface area (Å²) in [6.07, 6.45) is 0. The number of benzene rings is 1. The highest BCUT2D eigenvalue weighted by molar-refractivity contribution is 6.30. The molecule has 3 nitrogen and oxygen atoms in total. The second kappa shape index (κ2) is 4.21. The maximum absolute atomic E-state index is 11.0. The van der Waals surface area contributed by atoms with E-state index in [1.54, 1.807) is 38.1 Å². The van der Waals surface area contributed by atoms with Gasteiger partial charge in [-0.2, -0.15) is 0 Å². The molecule has 1 atom stereocenters. The van der Waals surface area contributed by atoms with Crippen molar-refractivity contribution in [3.63, 3.8) is 0 Å². The maximum Gasteiger partial charge on any atom is 0.311 e. The molecule has 1 aromatic rings. The minimum absolute atomic E-state index is 0.559. The van der Waals surface area contributed by atoms with Crippen LogP contribution in [-0.4, -0.2) is 11.1 Å². The van der Waals surface area contributed by atoms with Gasteiger partial charge in [0.25, 0.3) is 0 Å². The fraction of sp³-hybridized carbons (Fsp3) is 0.364. The predicted octanol–water partition coefficient (Wildman–Crippen LogP) is 2.45. The average molecular weight is 228 g/mol. The van der Waals surface area contributed by atoms with Gasteiger partial charge in [0.05, 0.1) is 5.41 Å². The Hall–Kier alpha value is -1.06. The van der Waals surface area contributed by atoms with Crippen LogP contribution in [0.15, 0.2) is 24.3 Å². The zero-order valence-electron chi connectivity index (χ0n) is 8.70. The summed E-state index contributed by atoms with van der Waals surface area (Å²) in [5.74, 6) is -0.921. The maximum atomic E-state index is 11.0. The molecule has 0 aromatic heterocycles. The van der Waals surface area contributed by atoms with Gasteiger partial charge >= 0.3 is 5.97 Å². The Morgan fingerprint density at radius 1 is 1.53 bits per heavy atom. The highest BCUT2D eigenvalue weighted by Crippen LogP contribution is 2.32. The molecular weight excluding hydrogens is 214 g/mol. The molecular formula is C11H14ClNO2. The van der Waals surface area contributed by atoms with Gasteiger partial charge in [-0.1, -0.05) is 23.7 Å². The Morgan fingerprint density at radius 3 is 2.60 bits per heavy atom. The number of carboxylic acids is 1. The Bertz CT molecular complexity index is 377. The molecule has 0 aliphatic heterocycles. The SMILES string of the molecule is CC(C)(C(=O)O)C(N)c1cccc(Cl)c1. The number of carboxylic acid groups (broad SMARTS) is 1. The van der Waals surface area contributed by atoms with E-state index in [-0.39, 0.29) is 0 Å². The zero-order chi connectivity index (χ0) is 11.6. The molecule has 1 rings (SSSR count). The number of aliphatic carboxylic acids is 1. The molecule has 3 N–H and O–H groups in total. The number of halogens is 1. The summed E-state index contributed by atoms with van der Waals surface area (Å²) >= 11 is 5.82. The zero-order valence-corrected chi connectivity index (χ0v) is 9.45. The molecule has 0 bridgehead atoms. The van der Waals surface area contributed by atoms with E-state index in [4.69, 9.17) is 22.4 Å². The summed E-state index contributed by atoms with van der Waals surface area (Å²) in [5, 5.41) is 9.59. The van der Waals surface area contributed by atoms with E-state index in [1.165, 1.54) is 0 Å². The van der Waals surface area contributed by atoms with Gasteiger partial charge in [-0.3, -0.25) is 4.79 Å². The highest BCUT2D eigenvalue weighted by Gasteiger charge is 2.35. The topological polar surface area (TPSA) is 63.3 Å². The fourth-order valence-electron chi connectivity index (χ4n) is 1.25. The standard InChI is InChI=1S/C11H14ClNO2/c1-11(2,10(14)15)9(13)7-4-3-5-8(12)6-7/h3-6,9H,13H2,1-2H3,(H,14,15). The van der Waals surface area contributed by atoms with Gasteiger partial charge in [-0.05, 0) is 31.5 Å². The van der Waals surface area contributed by atoms with Crippen LogP contribution in [0.4, 0.5) is 0 Å². The summed E-state index contributed by atoms with van der Waals surface area (Å²) < 4.78 is 0. The lowest BCUT2D eigenvalue weighted by atomic mass is 9.81. The van der Waals surface area contributed by atoms with Gasteiger partial charge in [0.2, 0.25) is 0 Å². The summed E-state index contributed by atoms with van der Waals surface area (Å²) in [7, 11) is 0. The van der Waals surface area contributed by atoms with E-state index in [2.05, 4.69) is 0 Å². The minimum atomic E-state index is -1.01. The summed E-state index contributed by atoms with van der Waals surface area (Å²) in [4.78, 5) is 11.0. The Labute approximate surface area is 93.9 Å². The van der Waals surface area contributed by atoms with Crippen LogP contribution in [0, 0.1) is 5.41 Å². The van der Waals surface area contributed by atoms with Crippen molar-refractivity contribution in [2.75, 3.05) is 0 Å². The molecule has 0 saturated heterocycles. The smallest absolute Gasteiger partial charge is 0.311 e. The number of carbonyl (C=O) groups is 1. The normalized spacial score (nSPS) is 13.6. The largest absolute Gasteiger partial charge is 0.481 e. The molecule has 1 aromatic carbocycles. The van der Waals surface area contributed by atoms with Crippen LogP contribution in [0.2, 0.25) is 5.02 Å². The summed E-state index contributed by atoms with van der Waals surface area (Å²) in [5.41, 5.74) is 5.63. The Kier molecular flexibility index (Phi) is 3.37. The van der Waals surface area contributed by atoms with Crippen LogP contribution in [0.3, 0.4) is 0 Å². The van der Waals surface area contributed by atoms with E-state index in [0.29, 0.717) is 5.02 Å². The van der Waals surface area contributed by atoms with Crippen LogP contribution in [0.1, 0.15) is 25.5 Å². The van der Waals surface area contributed by atoms with Gasteiger partial charge in [-0.25, -0.2) is 0 Å². The van der Waals surface area contributed by atoms with Crippen molar-refractivity contribution >= 4 is 17.6 Å². The highest BCUT2D eigenvalue weighted by atomic mass is 35.5.